The van der Waals surface area contributed by atoms with Crippen molar-refractivity contribution in [3.63, 3.8) is 0 Å². The molecule has 0 amide bonds. The van der Waals surface area contributed by atoms with E-state index < -0.39 is 0 Å². The van der Waals surface area contributed by atoms with Gasteiger partial charge in [0.05, 0.1) is 6.61 Å². The highest BCUT2D eigenvalue weighted by atomic mass is 32.1. The second kappa shape index (κ2) is 8.41. The second-order valence-electron chi connectivity index (χ2n) is 6.49. The van der Waals surface area contributed by atoms with Gasteiger partial charge in [0.25, 0.3) is 0 Å². The molecule has 0 unspecified atom stereocenters. The molecule has 0 spiro atoms. The molecular weight excluding hydrogens is 344 g/mol. The van der Waals surface area contributed by atoms with Gasteiger partial charge in [-0.05, 0) is 62.3 Å². The standard InChI is InChI=1S/C21H26N2O2S/c1-4-15-7-6-8-18(10-15)23-21(26)22-13-17-12-20-16(9-14(3)25-20)11-19(17)24-5-2/h6-8,10-12,14H,4-5,9,13H2,1-3H3,(H2,22,23,26)/t14-/m0/s1. The lowest BCUT2D eigenvalue weighted by molar-refractivity contribution is 0.254. The number of hydrogen-bond donors (Lipinski definition) is 2. The molecule has 2 aromatic rings. The quantitative estimate of drug-likeness (QED) is 0.735. The Balaban J connectivity index is 1.66. The van der Waals surface area contributed by atoms with Crippen LogP contribution in [-0.2, 0) is 19.4 Å². The first kappa shape index (κ1) is 18.5. The lowest BCUT2D eigenvalue weighted by Gasteiger charge is -2.15. The van der Waals surface area contributed by atoms with E-state index in [-0.39, 0.29) is 6.10 Å². The third-order valence-electron chi connectivity index (χ3n) is 4.41. The Bertz CT molecular complexity index is 792. The summed E-state index contributed by atoms with van der Waals surface area (Å²) in [6, 6.07) is 12.4. The number of fused-ring (bicyclic) bond motifs is 1. The van der Waals surface area contributed by atoms with Crippen molar-refractivity contribution in [3.05, 3.63) is 53.1 Å². The summed E-state index contributed by atoms with van der Waals surface area (Å²) in [6.45, 7) is 7.44. The van der Waals surface area contributed by atoms with Gasteiger partial charge in [-0.1, -0.05) is 19.1 Å². The Morgan fingerprint density at radius 1 is 1.27 bits per heavy atom. The minimum absolute atomic E-state index is 0.219. The average Bonchev–Trinajstić information content (AvgIpc) is 2.99. The summed E-state index contributed by atoms with van der Waals surface area (Å²) in [7, 11) is 0. The molecule has 0 saturated heterocycles. The van der Waals surface area contributed by atoms with Crippen LogP contribution < -0.4 is 20.1 Å². The molecule has 1 heterocycles. The number of anilines is 1. The van der Waals surface area contributed by atoms with Gasteiger partial charge in [-0.15, -0.1) is 0 Å². The predicted molar refractivity (Wildman–Crippen MR) is 110 cm³/mol. The second-order valence-corrected chi connectivity index (χ2v) is 6.90. The molecule has 2 aromatic carbocycles. The maximum absolute atomic E-state index is 5.88. The first-order chi connectivity index (χ1) is 12.6. The number of aryl methyl sites for hydroxylation is 1. The van der Waals surface area contributed by atoms with E-state index in [4.69, 9.17) is 21.7 Å². The molecule has 2 N–H and O–H groups in total. The van der Waals surface area contributed by atoms with Crippen molar-refractivity contribution in [1.82, 2.24) is 5.32 Å². The summed E-state index contributed by atoms with van der Waals surface area (Å²) in [4.78, 5) is 0. The molecule has 0 radical (unpaired) electrons. The zero-order chi connectivity index (χ0) is 18.5. The van der Waals surface area contributed by atoms with Crippen LogP contribution >= 0.6 is 12.2 Å². The van der Waals surface area contributed by atoms with Gasteiger partial charge in [0.2, 0.25) is 0 Å². The van der Waals surface area contributed by atoms with Gasteiger partial charge in [-0.25, -0.2) is 0 Å². The van der Waals surface area contributed by atoms with Crippen LogP contribution in [0.4, 0.5) is 5.69 Å². The van der Waals surface area contributed by atoms with E-state index >= 15 is 0 Å². The van der Waals surface area contributed by atoms with Gasteiger partial charge in [0.1, 0.15) is 17.6 Å². The number of rotatable bonds is 6. The normalized spacial score (nSPS) is 15.1. The summed E-state index contributed by atoms with van der Waals surface area (Å²) >= 11 is 5.45. The minimum atomic E-state index is 0.219. The fourth-order valence-corrected chi connectivity index (χ4v) is 3.32. The van der Waals surface area contributed by atoms with Crippen molar-refractivity contribution in [3.8, 4) is 11.5 Å². The molecule has 0 aromatic heterocycles. The lowest BCUT2D eigenvalue weighted by Crippen LogP contribution is -2.28. The molecule has 0 bridgehead atoms. The van der Waals surface area contributed by atoms with Crippen molar-refractivity contribution in [1.29, 1.82) is 0 Å². The minimum Gasteiger partial charge on any atom is -0.494 e. The van der Waals surface area contributed by atoms with Crippen LogP contribution in [0.25, 0.3) is 0 Å². The summed E-state index contributed by atoms with van der Waals surface area (Å²) in [5.74, 6) is 1.85. The van der Waals surface area contributed by atoms with Gasteiger partial charge in [-0.3, -0.25) is 0 Å². The molecule has 4 nitrogen and oxygen atoms in total. The van der Waals surface area contributed by atoms with Crippen LogP contribution in [0.5, 0.6) is 11.5 Å². The fourth-order valence-electron chi connectivity index (χ4n) is 3.13. The average molecular weight is 371 g/mol. The summed E-state index contributed by atoms with van der Waals surface area (Å²) in [5, 5.41) is 7.11. The van der Waals surface area contributed by atoms with E-state index in [0.29, 0.717) is 18.3 Å². The number of benzene rings is 2. The molecule has 1 aliphatic heterocycles. The number of ether oxygens (including phenoxy) is 2. The predicted octanol–water partition coefficient (Wildman–Crippen LogP) is 4.46. The Labute approximate surface area is 160 Å². The SMILES string of the molecule is CCOc1cc2c(cc1CNC(=S)Nc1cccc(CC)c1)O[C@@H](C)C2. The summed E-state index contributed by atoms with van der Waals surface area (Å²) in [5.41, 5.74) is 4.53. The molecule has 1 atom stereocenters. The first-order valence-electron chi connectivity index (χ1n) is 9.18. The molecule has 1 aliphatic rings. The molecule has 0 aliphatic carbocycles. The Kier molecular flexibility index (Phi) is 5.99. The van der Waals surface area contributed by atoms with Crippen molar-refractivity contribution in [2.45, 2.75) is 46.3 Å². The van der Waals surface area contributed by atoms with Crippen molar-refractivity contribution < 1.29 is 9.47 Å². The van der Waals surface area contributed by atoms with Gasteiger partial charge in [-0.2, -0.15) is 0 Å². The highest BCUT2D eigenvalue weighted by Crippen LogP contribution is 2.35. The van der Waals surface area contributed by atoms with Crippen LogP contribution in [-0.4, -0.2) is 17.8 Å². The van der Waals surface area contributed by atoms with E-state index in [1.807, 2.05) is 19.1 Å². The Morgan fingerprint density at radius 2 is 2.12 bits per heavy atom. The highest BCUT2D eigenvalue weighted by molar-refractivity contribution is 7.80. The smallest absolute Gasteiger partial charge is 0.171 e. The number of thiocarbonyl (C=S) groups is 1. The van der Waals surface area contributed by atoms with Gasteiger partial charge in [0.15, 0.2) is 5.11 Å². The van der Waals surface area contributed by atoms with E-state index in [1.54, 1.807) is 0 Å². The fraction of sp³-hybridized carbons (Fsp3) is 0.381. The van der Waals surface area contributed by atoms with Crippen molar-refractivity contribution in [2.75, 3.05) is 11.9 Å². The lowest BCUT2D eigenvalue weighted by atomic mass is 10.1. The summed E-state index contributed by atoms with van der Waals surface area (Å²) < 4.78 is 11.7. The van der Waals surface area contributed by atoms with Gasteiger partial charge in [0, 0.05) is 29.8 Å². The molecule has 5 heteroatoms. The van der Waals surface area contributed by atoms with E-state index in [9.17, 15) is 0 Å². The van der Waals surface area contributed by atoms with Crippen LogP contribution in [0.15, 0.2) is 36.4 Å². The first-order valence-corrected chi connectivity index (χ1v) is 9.59. The van der Waals surface area contributed by atoms with Crippen LogP contribution in [0.3, 0.4) is 0 Å². The third-order valence-corrected chi connectivity index (χ3v) is 4.66. The number of nitrogens with one attached hydrogen (secondary N) is 2. The highest BCUT2D eigenvalue weighted by Gasteiger charge is 2.21. The van der Waals surface area contributed by atoms with Gasteiger partial charge < -0.3 is 20.1 Å². The zero-order valence-corrected chi connectivity index (χ0v) is 16.4. The van der Waals surface area contributed by atoms with Crippen molar-refractivity contribution >= 4 is 23.0 Å². The molecule has 138 valence electrons. The van der Waals surface area contributed by atoms with E-state index in [0.717, 1.165) is 35.6 Å². The monoisotopic (exact) mass is 370 g/mol. The van der Waals surface area contributed by atoms with Crippen LogP contribution in [0.2, 0.25) is 0 Å². The third kappa shape index (κ3) is 4.47. The maximum atomic E-state index is 5.88. The molecule has 0 saturated carbocycles. The Hall–Kier alpha value is -2.27. The molecule has 26 heavy (non-hydrogen) atoms. The van der Waals surface area contributed by atoms with E-state index in [1.165, 1.54) is 11.1 Å². The van der Waals surface area contributed by atoms with E-state index in [2.05, 4.69) is 48.7 Å². The zero-order valence-electron chi connectivity index (χ0n) is 15.6. The van der Waals surface area contributed by atoms with Crippen molar-refractivity contribution in [2.24, 2.45) is 0 Å². The Morgan fingerprint density at radius 3 is 2.88 bits per heavy atom. The van der Waals surface area contributed by atoms with Gasteiger partial charge >= 0.3 is 0 Å². The summed E-state index contributed by atoms with van der Waals surface area (Å²) in [6.07, 6.45) is 2.15. The molecular formula is C21H26N2O2S. The molecule has 3 rings (SSSR count). The van der Waals surface area contributed by atoms with Crippen LogP contribution in [0, 0.1) is 0 Å². The maximum Gasteiger partial charge on any atom is 0.171 e. The molecule has 0 fully saturated rings. The van der Waals surface area contributed by atoms with Crippen LogP contribution in [0.1, 0.15) is 37.5 Å². The largest absolute Gasteiger partial charge is 0.494 e. The number of hydrogen-bond acceptors (Lipinski definition) is 3. The topological polar surface area (TPSA) is 42.5 Å².